The molecule has 0 spiro atoms. The molecule has 1 saturated heterocycles. The number of hydrogen-bond donors (Lipinski definition) is 12. The van der Waals surface area contributed by atoms with Crippen LogP contribution in [0.4, 0.5) is 0 Å². The van der Waals surface area contributed by atoms with Gasteiger partial charge >= 0.3 is 0 Å². The lowest BCUT2D eigenvalue weighted by molar-refractivity contribution is -0.135. The van der Waals surface area contributed by atoms with Gasteiger partial charge in [-0.15, -0.1) is 0 Å². The lowest BCUT2D eigenvalue weighted by Gasteiger charge is -2.27. The molecule has 1 aromatic rings. The molecule has 0 aliphatic carbocycles. The highest BCUT2D eigenvalue weighted by Gasteiger charge is 2.33. The third kappa shape index (κ3) is 18.1. The second kappa shape index (κ2) is 25.4. The zero-order valence-electron chi connectivity index (χ0n) is 32.7. The SMILES string of the molecule is CCCC[C@H](NC(C)=O)C(=O)N[C@H]1CCC(=O)NCCC(C(N)=O)NC(=O)[C@H](CCCNC(=N)N)NC(=O)[C@@H](Cc2ccccc2)NC(=O)[C@H](CCCN)NC1=O. The van der Waals surface area contributed by atoms with E-state index in [2.05, 4.69) is 42.5 Å². The van der Waals surface area contributed by atoms with Crippen molar-refractivity contribution in [2.45, 2.75) is 121 Å². The van der Waals surface area contributed by atoms with Crippen LogP contribution in [-0.4, -0.2) is 109 Å². The van der Waals surface area contributed by atoms with Gasteiger partial charge in [0.05, 0.1) is 0 Å². The molecule has 0 bridgehead atoms. The Balaban J connectivity index is 2.56. The molecular formula is C37H60N12O8. The largest absolute Gasteiger partial charge is 0.370 e. The Kier molecular flexibility index (Phi) is 21.1. The Labute approximate surface area is 332 Å². The summed E-state index contributed by atoms with van der Waals surface area (Å²) in [6.45, 7) is 3.40. The maximum Gasteiger partial charge on any atom is 0.243 e. The molecule has 0 saturated carbocycles. The molecule has 6 atom stereocenters. The van der Waals surface area contributed by atoms with Gasteiger partial charge in [0.15, 0.2) is 5.96 Å². The molecule has 1 fully saturated rings. The summed E-state index contributed by atoms with van der Waals surface area (Å²) in [5.41, 5.74) is 17.4. The van der Waals surface area contributed by atoms with E-state index in [4.69, 9.17) is 22.6 Å². The molecule has 57 heavy (non-hydrogen) atoms. The maximum absolute atomic E-state index is 14.0. The fourth-order valence-electron chi connectivity index (χ4n) is 6.01. The van der Waals surface area contributed by atoms with Gasteiger partial charge in [-0.05, 0) is 57.1 Å². The van der Waals surface area contributed by atoms with Crippen molar-refractivity contribution in [1.82, 2.24) is 42.5 Å². The Morgan fingerprint density at radius 1 is 0.842 bits per heavy atom. The highest BCUT2D eigenvalue weighted by Crippen LogP contribution is 2.10. The van der Waals surface area contributed by atoms with Crippen LogP contribution in [0.3, 0.4) is 0 Å². The van der Waals surface area contributed by atoms with E-state index in [1.165, 1.54) is 6.92 Å². The van der Waals surface area contributed by atoms with Crippen LogP contribution in [0.1, 0.15) is 83.6 Å². The summed E-state index contributed by atoms with van der Waals surface area (Å²) >= 11 is 0. The summed E-state index contributed by atoms with van der Waals surface area (Å²) in [5, 5.41) is 28.5. The smallest absolute Gasteiger partial charge is 0.243 e. The number of nitrogens with two attached hydrogens (primary N) is 3. The average molecular weight is 801 g/mol. The quantitative estimate of drug-likeness (QED) is 0.0458. The molecule has 1 aliphatic rings. The Morgan fingerprint density at radius 2 is 1.46 bits per heavy atom. The van der Waals surface area contributed by atoms with Gasteiger partial charge in [-0.2, -0.15) is 0 Å². The molecule has 20 nitrogen and oxygen atoms in total. The molecule has 316 valence electrons. The summed E-state index contributed by atoms with van der Waals surface area (Å²) in [6.07, 6.45) is 1.58. The minimum atomic E-state index is -1.34. The van der Waals surface area contributed by atoms with Gasteiger partial charge < -0.3 is 59.7 Å². The van der Waals surface area contributed by atoms with E-state index in [0.717, 1.165) is 6.42 Å². The van der Waals surface area contributed by atoms with Crippen molar-refractivity contribution >= 4 is 53.2 Å². The molecule has 1 unspecified atom stereocenters. The van der Waals surface area contributed by atoms with Crippen LogP contribution in [0.5, 0.6) is 0 Å². The normalized spacial score (nSPS) is 22.0. The van der Waals surface area contributed by atoms with Crippen LogP contribution in [0, 0.1) is 5.41 Å². The fourth-order valence-corrected chi connectivity index (χ4v) is 6.01. The lowest BCUT2D eigenvalue weighted by atomic mass is 10.0. The van der Waals surface area contributed by atoms with Crippen molar-refractivity contribution in [3.8, 4) is 0 Å². The summed E-state index contributed by atoms with van der Waals surface area (Å²) in [4.78, 5) is 106. The van der Waals surface area contributed by atoms with E-state index in [1.54, 1.807) is 30.3 Å². The summed E-state index contributed by atoms with van der Waals surface area (Å²) in [5.74, 6) is -5.93. The Morgan fingerprint density at radius 3 is 2.07 bits per heavy atom. The van der Waals surface area contributed by atoms with Gasteiger partial charge in [0, 0.05) is 32.9 Å². The first-order chi connectivity index (χ1) is 27.1. The van der Waals surface area contributed by atoms with Crippen LogP contribution in [0.25, 0.3) is 0 Å². The minimum Gasteiger partial charge on any atom is -0.370 e. The third-order valence-corrected chi connectivity index (χ3v) is 9.11. The number of benzene rings is 1. The Bertz CT molecular complexity index is 1550. The van der Waals surface area contributed by atoms with Crippen molar-refractivity contribution in [2.75, 3.05) is 19.6 Å². The molecule has 8 amide bonds. The van der Waals surface area contributed by atoms with E-state index in [-0.39, 0.29) is 83.4 Å². The molecule has 20 heteroatoms. The van der Waals surface area contributed by atoms with Gasteiger partial charge in [-0.25, -0.2) is 0 Å². The van der Waals surface area contributed by atoms with Gasteiger partial charge in [0.2, 0.25) is 47.3 Å². The molecule has 0 aromatic heterocycles. The van der Waals surface area contributed by atoms with Crippen molar-refractivity contribution in [3.63, 3.8) is 0 Å². The highest BCUT2D eigenvalue weighted by atomic mass is 16.2. The zero-order chi connectivity index (χ0) is 42.3. The Hall–Kier alpha value is -5.79. The lowest BCUT2D eigenvalue weighted by Crippen LogP contribution is -2.60. The monoisotopic (exact) mass is 800 g/mol. The van der Waals surface area contributed by atoms with Crippen LogP contribution in [0.15, 0.2) is 30.3 Å². The van der Waals surface area contributed by atoms with Gasteiger partial charge in [-0.3, -0.25) is 43.8 Å². The van der Waals surface area contributed by atoms with Crippen LogP contribution in [0.2, 0.25) is 0 Å². The number of carbonyl (C=O) groups excluding carboxylic acids is 8. The number of carbonyl (C=O) groups is 8. The first-order valence-electron chi connectivity index (χ1n) is 19.3. The first-order valence-corrected chi connectivity index (χ1v) is 19.3. The highest BCUT2D eigenvalue weighted by molar-refractivity contribution is 5.97. The predicted octanol–water partition coefficient (Wildman–Crippen LogP) is -2.86. The van der Waals surface area contributed by atoms with Crippen molar-refractivity contribution in [3.05, 3.63) is 35.9 Å². The van der Waals surface area contributed by atoms with Crippen LogP contribution >= 0.6 is 0 Å². The standard InChI is InChI=1S/C37H60N12O8/c1-3-4-12-25(44-22(2)50)32(53)48-28-15-16-30(51)42-20-17-24(31(39)52)45-33(54)27(14-9-19-43-37(40)41)47-36(57)29(21-23-10-6-5-7-11-23)49-34(55)26(13-8-18-38)46-35(28)56/h5-7,10-11,24-29H,3-4,8-9,12-21,38H2,1-2H3,(H2,39,52)(H,42,51)(H,44,50)(H,45,54)(H,46,56)(H,47,57)(H,48,53)(H,49,55)(H4,40,41,43)/t24?,25-,26-,27-,28-,29+/m0/s1. The number of nitrogens with one attached hydrogen (secondary N) is 9. The minimum absolute atomic E-state index is 0.0190. The number of hydrogen-bond acceptors (Lipinski definition) is 10. The van der Waals surface area contributed by atoms with E-state index in [0.29, 0.717) is 12.0 Å². The van der Waals surface area contributed by atoms with E-state index < -0.39 is 83.5 Å². The van der Waals surface area contributed by atoms with E-state index in [1.807, 2.05) is 6.92 Å². The molecule has 15 N–H and O–H groups in total. The number of guanidine groups is 1. The topological polar surface area (TPSA) is 335 Å². The number of rotatable bonds is 16. The van der Waals surface area contributed by atoms with E-state index in [9.17, 15) is 38.4 Å². The van der Waals surface area contributed by atoms with Gasteiger partial charge in [0.1, 0.15) is 36.3 Å². The van der Waals surface area contributed by atoms with Crippen molar-refractivity contribution in [2.24, 2.45) is 17.2 Å². The van der Waals surface area contributed by atoms with Crippen molar-refractivity contribution in [1.29, 1.82) is 5.41 Å². The van der Waals surface area contributed by atoms with Crippen molar-refractivity contribution < 1.29 is 38.4 Å². The molecule has 0 radical (unpaired) electrons. The predicted molar refractivity (Wildman–Crippen MR) is 210 cm³/mol. The number of primary amides is 1. The third-order valence-electron chi connectivity index (χ3n) is 9.11. The maximum atomic E-state index is 14.0. The summed E-state index contributed by atoms with van der Waals surface area (Å²) in [6, 6.07) is 1.43. The second-order valence-electron chi connectivity index (χ2n) is 13.9. The van der Waals surface area contributed by atoms with Crippen LogP contribution < -0.4 is 59.7 Å². The molecule has 1 aromatic carbocycles. The second-order valence-corrected chi connectivity index (χ2v) is 13.9. The summed E-state index contributed by atoms with van der Waals surface area (Å²) in [7, 11) is 0. The molecular weight excluding hydrogens is 740 g/mol. The summed E-state index contributed by atoms with van der Waals surface area (Å²) < 4.78 is 0. The molecule has 2 rings (SSSR count). The average Bonchev–Trinajstić information content (AvgIpc) is 3.16. The fraction of sp³-hybridized carbons (Fsp3) is 0.595. The van der Waals surface area contributed by atoms with Crippen LogP contribution in [-0.2, 0) is 44.8 Å². The molecule has 1 heterocycles. The first kappa shape index (κ1) is 47.4. The molecule has 1 aliphatic heterocycles. The van der Waals surface area contributed by atoms with Gasteiger partial charge in [0.25, 0.3) is 0 Å². The van der Waals surface area contributed by atoms with Gasteiger partial charge in [-0.1, -0.05) is 50.1 Å². The van der Waals surface area contributed by atoms with E-state index >= 15 is 0 Å². The number of unbranched alkanes of at least 4 members (excludes halogenated alkanes) is 1. The zero-order valence-corrected chi connectivity index (χ0v) is 32.7. The number of amides is 8.